The molecule has 0 saturated heterocycles. The summed E-state index contributed by atoms with van der Waals surface area (Å²) in [6.07, 6.45) is 3.06. The summed E-state index contributed by atoms with van der Waals surface area (Å²) in [4.78, 5) is 7.88. The zero-order valence-corrected chi connectivity index (χ0v) is 10.4. The molecule has 2 aromatic rings. The first-order valence-electron chi connectivity index (χ1n) is 4.16. The molecule has 5 heteroatoms. The van der Waals surface area contributed by atoms with E-state index in [1.165, 1.54) is 12.4 Å². The Labute approximate surface area is 106 Å². The molecule has 0 aliphatic carbocycles. The van der Waals surface area contributed by atoms with E-state index < -0.39 is 0 Å². The van der Waals surface area contributed by atoms with E-state index in [0.717, 1.165) is 9.32 Å². The number of para-hydroxylation sites is 1. The number of hydrogen-bond donors (Lipinski definition) is 0. The van der Waals surface area contributed by atoms with Crippen molar-refractivity contribution >= 4 is 34.2 Å². The van der Waals surface area contributed by atoms with E-state index in [4.69, 9.17) is 16.3 Å². The quantitative estimate of drug-likeness (QED) is 0.789. The van der Waals surface area contributed by atoms with Crippen LogP contribution < -0.4 is 4.74 Å². The molecular weight excluding hydrogens is 326 g/mol. The molecule has 0 atom stereocenters. The molecule has 0 unspecified atom stereocenters. The van der Waals surface area contributed by atoms with E-state index in [0.29, 0.717) is 5.88 Å². The Morgan fingerprint density at radius 1 is 1.13 bits per heavy atom. The third kappa shape index (κ3) is 2.57. The number of rotatable bonds is 2. The van der Waals surface area contributed by atoms with Gasteiger partial charge in [0.05, 0.1) is 3.57 Å². The second-order valence-corrected chi connectivity index (χ2v) is 4.20. The van der Waals surface area contributed by atoms with Gasteiger partial charge in [-0.25, -0.2) is 9.97 Å². The fourth-order valence-corrected chi connectivity index (χ4v) is 1.65. The van der Waals surface area contributed by atoms with Crippen molar-refractivity contribution in [3.05, 3.63) is 45.4 Å². The summed E-state index contributed by atoms with van der Waals surface area (Å²) < 4.78 is 6.52. The maximum atomic E-state index is 5.83. The molecule has 1 aromatic carbocycles. The molecule has 76 valence electrons. The maximum Gasteiger partial charge on any atom is 0.257 e. The third-order valence-electron chi connectivity index (χ3n) is 1.67. The SMILES string of the molecule is Clc1nccnc1Oc1ccccc1I. The summed E-state index contributed by atoms with van der Waals surface area (Å²) in [7, 11) is 0. The van der Waals surface area contributed by atoms with Crippen molar-refractivity contribution in [2.75, 3.05) is 0 Å². The predicted molar refractivity (Wildman–Crippen MR) is 66.3 cm³/mol. The highest BCUT2D eigenvalue weighted by Gasteiger charge is 2.06. The van der Waals surface area contributed by atoms with E-state index in [-0.39, 0.29) is 5.15 Å². The lowest BCUT2D eigenvalue weighted by Gasteiger charge is -2.06. The molecule has 0 N–H and O–H groups in total. The van der Waals surface area contributed by atoms with Gasteiger partial charge in [-0.05, 0) is 34.7 Å². The lowest BCUT2D eigenvalue weighted by atomic mass is 10.3. The van der Waals surface area contributed by atoms with Crippen LogP contribution in [0.4, 0.5) is 0 Å². The van der Waals surface area contributed by atoms with Crippen molar-refractivity contribution in [3.8, 4) is 11.6 Å². The Hall–Kier alpha value is -0.880. The average molecular weight is 333 g/mol. The van der Waals surface area contributed by atoms with Crippen molar-refractivity contribution in [1.29, 1.82) is 0 Å². The number of ether oxygens (including phenoxy) is 1. The van der Waals surface area contributed by atoms with Crippen molar-refractivity contribution in [2.24, 2.45) is 0 Å². The van der Waals surface area contributed by atoms with Crippen LogP contribution in [0.1, 0.15) is 0 Å². The highest BCUT2D eigenvalue weighted by molar-refractivity contribution is 14.1. The van der Waals surface area contributed by atoms with Crippen molar-refractivity contribution in [1.82, 2.24) is 9.97 Å². The van der Waals surface area contributed by atoms with Gasteiger partial charge in [-0.2, -0.15) is 0 Å². The number of nitrogens with zero attached hydrogens (tertiary/aromatic N) is 2. The van der Waals surface area contributed by atoms with Crippen LogP contribution >= 0.6 is 34.2 Å². The van der Waals surface area contributed by atoms with Gasteiger partial charge >= 0.3 is 0 Å². The van der Waals surface area contributed by atoms with Gasteiger partial charge < -0.3 is 4.74 Å². The molecule has 0 saturated carbocycles. The van der Waals surface area contributed by atoms with E-state index in [2.05, 4.69) is 32.6 Å². The van der Waals surface area contributed by atoms with Crippen LogP contribution in [-0.2, 0) is 0 Å². The van der Waals surface area contributed by atoms with Gasteiger partial charge in [0.15, 0.2) is 5.15 Å². The molecule has 1 heterocycles. The average Bonchev–Trinajstić information content (AvgIpc) is 2.24. The van der Waals surface area contributed by atoms with Crippen LogP contribution in [0.5, 0.6) is 11.6 Å². The van der Waals surface area contributed by atoms with Gasteiger partial charge in [-0.3, -0.25) is 0 Å². The first-order chi connectivity index (χ1) is 7.27. The fraction of sp³-hybridized carbons (Fsp3) is 0. The molecule has 2 rings (SSSR count). The van der Waals surface area contributed by atoms with Gasteiger partial charge in [0.2, 0.25) is 0 Å². The minimum absolute atomic E-state index is 0.261. The highest BCUT2D eigenvalue weighted by atomic mass is 127. The zero-order chi connectivity index (χ0) is 10.7. The summed E-state index contributed by atoms with van der Waals surface area (Å²) in [6, 6.07) is 7.63. The summed E-state index contributed by atoms with van der Waals surface area (Å²) >= 11 is 8.01. The molecular formula is C10H6ClIN2O. The summed E-state index contributed by atoms with van der Waals surface area (Å²) in [6.45, 7) is 0. The Morgan fingerprint density at radius 2 is 1.87 bits per heavy atom. The lowest BCUT2D eigenvalue weighted by Crippen LogP contribution is -1.91. The topological polar surface area (TPSA) is 35.0 Å². The monoisotopic (exact) mass is 332 g/mol. The summed E-state index contributed by atoms with van der Waals surface area (Å²) in [5.41, 5.74) is 0. The molecule has 0 fully saturated rings. The third-order valence-corrected chi connectivity index (χ3v) is 2.82. The van der Waals surface area contributed by atoms with E-state index in [1.54, 1.807) is 0 Å². The normalized spacial score (nSPS) is 10.0. The van der Waals surface area contributed by atoms with Gasteiger partial charge in [0.25, 0.3) is 5.88 Å². The van der Waals surface area contributed by atoms with Crippen molar-refractivity contribution < 1.29 is 4.74 Å². The smallest absolute Gasteiger partial charge is 0.257 e. The Bertz CT molecular complexity index is 435. The first-order valence-corrected chi connectivity index (χ1v) is 5.62. The van der Waals surface area contributed by atoms with E-state index in [1.807, 2.05) is 24.3 Å². The second-order valence-electron chi connectivity index (χ2n) is 2.68. The van der Waals surface area contributed by atoms with Gasteiger partial charge in [0.1, 0.15) is 5.75 Å². The van der Waals surface area contributed by atoms with Gasteiger partial charge in [0, 0.05) is 12.4 Å². The minimum atomic E-state index is 0.261. The summed E-state index contributed by atoms with van der Waals surface area (Å²) in [5, 5.41) is 0.261. The number of hydrogen-bond acceptors (Lipinski definition) is 3. The molecule has 3 nitrogen and oxygen atoms in total. The molecule has 0 aliphatic heterocycles. The predicted octanol–water partition coefficient (Wildman–Crippen LogP) is 3.53. The molecule has 0 aliphatic rings. The maximum absolute atomic E-state index is 5.83. The number of halogens is 2. The largest absolute Gasteiger partial charge is 0.435 e. The van der Waals surface area contributed by atoms with Crippen LogP contribution in [-0.4, -0.2) is 9.97 Å². The molecule has 0 bridgehead atoms. The molecule has 0 amide bonds. The van der Waals surface area contributed by atoms with Gasteiger partial charge in [-0.15, -0.1) is 0 Å². The highest BCUT2D eigenvalue weighted by Crippen LogP contribution is 2.28. The van der Waals surface area contributed by atoms with Crippen molar-refractivity contribution in [2.45, 2.75) is 0 Å². The molecule has 0 radical (unpaired) electrons. The number of benzene rings is 1. The Morgan fingerprint density at radius 3 is 2.60 bits per heavy atom. The summed E-state index contributed by atoms with van der Waals surface area (Å²) in [5.74, 6) is 1.05. The van der Waals surface area contributed by atoms with Crippen LogP contribution in [0.15, 0.2) is 36.7 Å². The Balaban J connectivity index is 2.30. The second kappa shape index (κ2) is 4.76. The van der Waals surface area contributed by atoms with E-state index >= 15 is 0 Å². The van der Waals surface area contributed by atoms with Crippen LogP contribution in [0, 0.1) is 3.57 Å². The fourth-order valence-electron chi connectivity index (χ4n) is 1.01. The van der Waals surface area contributed by atoms with Crippen molar-refractivity contribution in [3.63, 3.8) is 0 Å². The molecule has 15 heavy (non-hydrogen) atoms. The van der Waals surface area contributed by atoms with Gasteiger partial charge in [-0.1, -0.05) is 23.7 Å². The zero-order valence-electron chi connectivity index (χ0n) is 7.52. The Kier molecular flexibility index (Phi) is 3.37. The van der Waals surface area contributed by atoms with E-state index in [9.17, 15) is 0 Å². The van der Waals surface area contributed by atoms with Crippen LogP contribution in [0.3, 0.4) is 0 Å². The minimum Gasteiger partial charge on any atom is -0.435 e. The van der Waals surface area contributed by atoms with Crippen LogP contribution in [0.2, 0.25) is 5.15 Å². The van der Waals surface area contributed by atoms with Crippen LogP contribution in [0.25, 0.3) is 0 Å². The molecule has 1 aromatic heterocycles. The lowest BCUT2D eigenvalue weighted by molar-refractivity contribution is 0.457. The molecule has 0 spiro atoms. The number of aromatic nitrogens is 2. The standard InChI is InChI=1S/C10H6ClIN2O/c11-9-10(14-6-5-13-9)15-8-4-2-1-3-7(8)12/h1-6H. The first kappa shape index (κ1) is 10.6.